The first-order valence-electron chi connectivity index (χ1n) is 5.75. The second-order valence-electron chi connectivity index (χ2n) is 4.11. The molecule has 3 aromatic rings. The Morgan fingerprint density at radius 2 is 2.05 bits per heavy atom. The fourth-order valence-electron chi connectivity index (χ4n) is 1.93. The van der Waals surface area contributed by atoms with Crippen LogP contribution in [-0.4, -0.2) is 22.9 Å². The number of carbonyl (C=O) groups excluding carboxylic acids is 1. The van der Waals surface area contributed by atoms with Crippen LogP contribution >= 0.6 is 0 Å². The first kappa shape index (κ1) is 12.3. The highest BCUT2D eigenvalue weighted by atomic mass is 19.1. The number of furan rings is 1. The minimum Gasteiger partial charge on any atom is -0.446 e. The van der Waals surface area contributed by atoms with Gasteiger partial charge in [-0.3, -0.25) is 4.79 Å². The van der Waals surface area contributed by atoms with E-state index in [1.54, 1.807) is 6.07 Å². The van der Waals surface area contributed by atoms with E-state index in [1.165, 1.54) is 13.3 Å². The molecule has 1 aromatic carbocycles. The molecule has 0 aliphatic heterocycles. The number of nitrogens with zero attached hydrogens (tertiary/aromatic N) is 1. The number of hydrogen-bond acceptors (Lipinski definition) is 3. The molecule has 0 aliphatic carbocycles. The number of imidazole rings is 1. The zero-order valence-electron chi connectivity index (χ0n) is 10.3. The summed E-state index contributed by atoms with van der Waals surface area (Å²) in [7, 11) is 1.38. The molecule has 2 N–H and O–H groups in total. The summed E-state index contributed by atoms with van der Waals surface area (Å²) in [5.74, 6) is -2.31. The van der Waals surface area contributed by atoms with Gasteiger partial charge in [-0.2, -0.15) is 0 Å². The van der Waals surface area contributed by atoms with Crippen LogP contribution in [0.15, 0.2) is 28.9 Å². The van der Waals surface area contributed by atoms with Gasteiger partial charge in [0.2, 0.25) is 5.71 Å². The van der Waals surface area contributed by atoms with Crippen LogP contribution in [0, 0.1) is 11.6 Å². The number of halogens is 2. The number of H-pyrrole nitrogens is 1. The van der Waals surface area contributed by atoms with Crippen LogP contribution in [0.5, 0.6) is 0 Å². The molecule has 0 saturated carbocycles. The lowest BCUT2D eigenvalue weighted by Crippen LogP contribution is -2.18. The molecule has 1 amide bonds. The van der Waals surface area contributed by atoms with E-state index in [2.05, 4.69) is 15.3 Å². The van der Waals surface area contributed by atoms with Crippen molar-refractivity contribution >= 4 is 17.1 Å². The van der Waals surface area contributed by atoms with Crippen LogP contribution in [0.4, 0.5) is 8.78 Å². The Morgan fingerprint density at radius 1 is 1.35 bits per heavy atom. The Balaban J connectivity index is 2.14. The summed E-state index contributed by atoms with van der Waals surface area (Å²) in [5.41, 5.74) is 0.369. The van der Waals surface area contributed by atoms with Crippen LogP contribution < -0.4 is 5.32 Å². The lowest BCUT2D eigenvalue weighted by molar-refractivity contribution is 0.0962. The number of amides is 1. The molecule has 102 valence electrons. The molecule has 0 saturated heterocycles. The second kappa shape index (κ2) is 4.44. The summed E-state index contributed by atoms with van der Waals surface area (Å²) in [6, 6.07) is 3.49. The molecule has 0 fully saturated rings. The summed E-state index contributed by atoms with van der Waals surface area (Å²) >= 11 is 0. The van der Waals surface area contributed by atoms with E-state index in [1.807, 2.05) is 0 Å². The molecular weight excluding hydrogens is 268 g/mol. The molecule has 0 spiro atoms. The molecule has 7 heteroatoms. The third kappa shape index (κ3) is 1.83. The highest BCUT2D eigenvalue weighted by Gasteiger charge is 2.19. The molecule has 0 atom stereocenters. The Bertz CT molecular complexity index is 755. The maximum absolute atomic E-state index is 14.0. The summed E-state index contributed by atoms with van der Waals surface area (Å²) in [6.45, 7) is 0. The predicted molar refractivity (Wildman–Crippen MR) is 67.1 cm³/mol. The van der Waals surface area contributed by atoms with Crippen LogP contribution in [0.1, 0.15) is 10.4 Å². The van der Waals surface area contributed by atoms with Crippen molar-refractivity contribution in [1.29, 1.82) is 0 Å². The zero-order chi connectivity index (χ0) is 14.3. The minimum atomic E-state index is -0.875. The standard InChI is InChI=1S/C13H9F2N3O2/c1-16-12(19)6-4-7(14)10(8(15)5-6)11-17-9-2-3-20-13(9)18-11/h2-5H,1H3,(H,16,19)(H,17,18). The topological polar surface area (TPSA) is 70.9 Å². The van der Waals surface area contributed by atoms with Crippen LogP contribution in [0.3, 0.4) is 0 Å². The molecule has 5 nitrogen and oxygen atoms in total. The Kier molecular flexibility index (Phi) is 2.74. The van der Waals surface area contributed by atoms with Gasteiger partial charge in [-0.05, 0) is 12.1 Å². The van der Waals surface area contributed by atoms with E-state index in [4.69, 9.17) is 4.42 Å². The minimum absolute atomic E-state index is 0.0119. The second-order valence-corrected chi connectivity index (χ2v) is 4.11. The Labute approximate surface area is 111 Å². The van der Waals surface area contributed by atoms with E-state index in [-0.39, 0.29) is 17.0 Å². The van der Waals surface area contributed by atoms with Gasteiger partial charge in [0.05, 0.1) is 11.8 Å². The number of nitrogens with one attached hydrogen (secondary N) is 2. The van der Waals surface area contributed by atoms with Gasteiger partial charge in [0, 0.05) is 18.7 Å². The van der Waals surface area contributed by atoms with Crippen molar-refractivity contribution in [2.75, 3.05) is 7.05 Å². The molecule has 2 aromatic heterocycles. The zero-order valence-corrected chi connectivity index (χ0v) is 10.3. The van der Waals surface area contributed by atoms with Gasteiger partial charge < -0.3 is 14.7 Å². The summed E-state index contributed by atoms with van der Waals surface area (Å²) in [4.78, 5) is 18.1. The molecular formula is C13H9F2N3O2. The largest absolute Gasteiger partial charge is 0.446 e. The van der Waals surface area contributed by atoms with Crippen LogP contribution in [0.25, 0.3) is 22.6 Å². The van der Waals surface area contributed by atoms with Gasteiger partial charge in [-0.1, -0.05) is 0 Å². The number of aromatic amines is 1. The number of rotatable bonds is 2. The summed E-state index contributed by atoms with van der Waals surface area (Å²) in [6.07, 6.45) is 1.42. The SMILES string of the molecule is CNC(=O)c1cc(F)c(-c2nc3ccoc3[nH]2)c(F)c1. The maximum Gasteiger partial charge on any atom is 0.251 e. The predicted octanol–water partition coefficient (Wildman–Crippen LogP) is 2.46. The summed E-state index contributed by atoms with van der Waals surface area (Å²) in [5, 5.41) is 2.30. The molecule has 0 unspecified atom stereocenters. The van der Waals surface area contributed by atoms with Crippen molar-refractivity contribution in [3.05, 3.63) is 41.7 Å². The molecule has 20 heavy (non-hydrogen) atoms. The van der Waals surface area contributed by atoms with Crippen molar-refractivity contribution in [2.24, 2.45) is 0 Å². The van der Waals surface area contributed by atoms with Crippen molar-refractivity contribution in [2.45, 2.75) is 0 Å². The van der Waals surface area contributed by atoms with Gasteiger partial charge >= 0.3 is 0 Å². The highest BCUT2D eigenvalue weighted by Crippen LogP contribution is 2.27. The molecule has 3 rings (SSSR count). The Hall–Kier alpha value is -2.70. The van der Waals surface area contributed by atoms with Crippen molar-refractivity contribution < 1.29 is 18.0 Å². The lowest BCUT2D eigenvalue weighted by atomic mass is 10.1. The van der Waals surface area contributed by atoms with Gasteiger partial charge in [0.15, 0.2) is 0 Å². The third-order valence-corrected chi connectivity index (χ3v) is 2.88. The molecule has 0 bridgehead atoms. The van der Waals surface area contributed by atoms with Crippen molar-refractivity contribution in [3.63, 3.8) is 0 Å². The number of aromatic nitrogens is 2. The quantitative estimate of drug-likeness (QED) is 0.755. The fourth-order valence-corrected chi connectivity index (χ4v) is 1.93. The van der Waals surface area contributed by atoms with Crippen LogP contribution in [0.2, 0.25) is 0 Å². The monoisotopic (exact) mass is 277 g/mol. The van der Waals surface area contributed by atoms with Gasteiger partial charge in [-0.25, -0.2) is 13.8 Å². The average molecular weight is 277 g/mol. The normalized spacial score (nSPS) is 10.9. The fraction of sp³-hybridized carbons (Fsp3) is 0.0769. The summed E-state index contributed by atoms with van der Waals surface area (Å²) < 4.78 is 33.1. The van der Waals surface area contributed by atoms with E-state index in [0.29, 0.717) is 11.2 Å². The maximum atomic E-state index is 14.0. The molecule has 0 aliphatic rings. The van der Waals surface area contributed by atoms with Gasteiger partial charge in [0.25, 0.3) is 5.91 Å². The van der Waals surface area contributed by atoms with Gasteiger partial charge in [0.1, 0.15) is 23.0 Å². The highest BCUT2D eigenvalue weighted by molar-refractivity contribution is 5.94. The van der Waals surface area contributed by atoms with E-state index < -0.39 is 17.5 Å². The van der Waals surface area contributed by atoms with E-state index >= 15 is 0 Å². The number of fused-ring (bicyclic) bond motifs is 1. The average Bonchev–Trinajstić information content (AvgIpc) is 2.98. The van der Waals surface area contributed by atoms with E-state index in [0.717, 1.165) is 12.1 Å². The first-order valence-corrected chi connectivity index (χ1v) is 5.75. The van der Waals surface area contributed by atoms with Gasteiger partial charge in [-0.15, -0.1) is 0 Å². The van der Waals surface area contributed by atoms with Crippen molar-refractivity contribution in [3.8, 4) is 11.4 Å². The van der Waals surface area contributed by atoms with Crippen LogP contribution in [-0.2, 0) is 0 Å². The lowest BCUT2D eigenvalue weighted by Gasteiger charge is -2.05. The van der Waals surface area contributed by atoms with E-state index in [9.17, 15) is 13.6 Å². The van der Waals surface area contributed by atoms with Crippen molar-refractivity contribution in [1.82, 2.24) is 15.3 Å². The number of benzene rings is 1. The number of hydrogen-bond donors (Lipinski definition) is 2. The Morgan fingerprint density at radius 3 is 2.65 bits per heavy atom. The molecule has 2 heterocycles. The smallest absolute Gasteiger partial charge is 0.251 e. The molecule has 0 radical (unpaired) electrons. The number of carbonyl (C=O) groups is 1. The first-order chi connectivity index (χ1) is 9.60. The third-order valence-electron chi connectivity index (χ3n) is 2.88.